The first-order valence-corrected chi connectivity index (χ1v) is 25.8. The van der Waals surface area contributed by atoms with Crippen molar-refractivity contribution in [3.63, 3.8) is 0 Å². The van der Waals surface area contributed by atoms with Gasteiger partial charge in [0, 0.05) is 89.6 Å². The Morgan fingerprint density at radius 3 is 2.38 bits per heavy atom. The molecule has 0 bridgehead atoms. The number of amides is 3. The van der Waals surface area contributed by atoms with Crippen molar-refractivity contribution in [3.8, 4) is 16.2 Å². The predicted molar refractivity (Wildman–Crippen MR) is 271 cm³/mol. The number of anilines is 3. The number of thiazole rings is 1. The third kappa shape index (κ3) is 16.3. The number of Topliss-reactive ketones (excluding diaryl/α,β-unsaturated/α-hetero) is 1. The number of hydrogen-bond acceptors (Lipinski definition) is 14. The van der Waals surface area contributed by atoms with Crippen LogP contribution < -0.4 is 20.7 Å². The Hall–Kier alpha value is -5.01. The van der Waals surface area contributed by atoms with Gasteiger partial charge in [-0.15, -0.1) is 11.3 Å². The van der Waals surface area contributed by atoms with Gasteiger partial charge in [-0.05, 0) is 102 Å². The lowest BCUT2D eigenvalue weighted by Gasteiger charge is -2.34. The Bertz CT molecular complexity index is 2290. The summed E-state index contributed by atoms with van der Waals surface area (Å²) in [6.07, 6.45) is 7.46. The molecule has 0 spiro atoms. The maximum absolute atomic E-state index is 14.0. The normalized spacial score (nSPS) is 16.4. The first kappa shape index (κ1) is 53.3. The van der Waals surface area contributed by atoms with E-state index in [-0.39, 0.29) is 62.0 Å². The zero-order valence-electron chi connectivity index (χ0n) is 40.6. The summed E-state index contributed by atoms with van der Waals surface area (Å²) in [5.74, 6) is 0.739. The molecule has 0 radical (unpaired) electrons. The third-order valence-corrected chi connectivity index (χ3v) is 14.1. The Kier molecular flexibility index (Phi) is 20.3. The molecule has 16 nitrogen and oxygen atoms in total. The number of carbonyl (C=O) groups is 4. The number of aryl methyl sites for hydroxylation is 1. The number of likely N-dealkylation sites (N-methyl/N-ethyl adjacent to an activating group) is 1. The molecule has 6 rings (SSSR count). The SMILES string of the molecule is Cc1ncsc1-c1ccc(CNC(=O)[C@H]2C[C@H](O)CN2C(=O)[C@H](CC(=O)COCCCOCCCCCOc2ccc(Nc3ncc(Br)c(NCCN(C)C(=O)C4CCC4)n3)cc2)C(C)(C)C)cc1. The van der Waals surface area contributed by atoms with Crippen LogP contribution in [0.2, 0.25) is 0 Å². The molecule has 2 aromatic heterocycles. The van der Waals surface area contributed by atoms with Crippen LogP contribution in [0.1, 0.15) is 89.8 Å². The lowest BCUT2D eigenvalue weighted by molar-refractivity contribution is -0.146. The van der Waals surface area contributed by atoms with Crippen LogP contribution in [0.5, 0.6) is 5.75 Å². The molecule has 2 fully saturated rings. The predicted octanol–water partition coefficient (Wildman–Crippen LogP) is 7.96. The molecular weight excluding hydrogens is 965 g/mol. The number of rotatable bonds is 27. The molecule has 18 heteroatoms. The smallest absolute Gasteiger partial charge is 0.243 e. The van der Waals surface area contributed by atoms with E-state index in [1.54, 1.807) is 22.4 Å². The van der Waals surface area contributed by atoms with E-state index in [0.717, 1.165) is 76.1 Å². The van der Waals surface area contributed by atoms with E-state index in [9.17, 15) is 24.3 Å². The number of carbonyl (C=O) groups excluding carboxylic acids is 4. The lowest BCUT2D eigenvalue weighted by Crippen LogP contribution is -2.50. The van der Waals surface area contributed by atoms with Gasteiger partial charge in [0.25, 0.3) is 0 Å². The number of ketones is 1. The van der Waals surface area contributed by atoms with E-state index in [4.69, 9.17) is 14.2 Å². The van der Waals surface area contributed by atoms with Crippen molar-refractivity contribution in [2.75, 3.05) is 70.3 Å². The highest BCUT2D eigenvalue weighted by Gasteiger charge is 2.44. The largest absolute Gasteiger partial charge is 0.494 e. The van der Waals surface area contributed by atoms with Crippen LogP contribution in [-0.2, 0) is 35.2 Å². The van der Waals surface area contributed by atoms with E-state index >= 15 is 0 Å². The van der Waals surface area contributed by atoms with Crippen molar-refractivity contribution in [1.82, 2.24) is 30.1 Å². The van der Waals surface area contributed by atoms with Crippen LogP contribution in [0, 0.1) is 24.2 Å². The van der Waals surface area contributed by atoms with Crippen LogP contribution in [0.3, 0.4) is 0 Å². The number of nitrogens with one attached hydrogen (secondary N) is 3. The molecule has 1 saturated heterocycles. The molecule has 69 heavy (non-hydrogen) atoms. The number of halogens is 1. The molecule has 3 heterocycles. The van der Waals surface area contributed by atoms with E-state index in [1.165, 1.54) is 4.90 Å². The Labute approximate surface area is 418 Å². The summed E-state index contributed by atoms with van der Waals surface area (Å²) in [5, 5.41) is 20.1. The van der Waals surface area contributed by atoms with E-state index < -0.39 is 23.5 Å². The van der Waals surface area contributed by atoms with Gasteiger partial charge in [-0.1, -0.05) is 51.5 Å². The highest BCUT2D eigenvalue weighted by molar-refractivity contribution is 9.10. The van der Waals surface area contributed by atoms with Gasteiger partial charge in [0.15, 0.2) is 5.78 Å². The fourth-order valence-corrected chi connectivity index (χ4v) is 9.32. The van der Waals surface area contributed by atoms with Gasteiger partial charge >= 0.3 is 0 Å². The van der Waals surface area contributed by atoms with Crippen molar-refractivity contribution in [1.29, 1.82) is 0 Å². The van der Waals surface area contributed by atoms with Crippen LogP contribution in [0.25, 0.3) is 10.4 Å². The van der Waals surface area contributed by atoms with E-state index in [1.807, 2.05) is 88.8 Å². The first-order valence-electron chi connectivity index (χ1n) is 24.1. The number of aromatic nitrogens is 3. The summed E-state index contributed by atoms with van der Waals surface area (Å²) in [5.41, 5.74) is 5.02. The monoisotopic (exact) mass is 1030 g/mol. The first-order chi connectivity index (χ1) is 33.2. The number of ether oxygens (including phenoxy) is 3. The van der Waals surface area contributed by atoms with Gasteiger partial charge < -0.3 is 45.1 Å². The Balaban J connectivity index is 0.802. The molecule has 0 unspecified atom stereocenters. The van der Waals surface area contributed by atoms with Gasteiger partial charge in [0.1, 0.15) is 24.2 Å². The molecule has 4 aromatic rings. The van der Waals surface area contributed by atoms with Crippen molar-refractivity contribution < 1.29 is 38.5 Å². The molecule has 3 atom stereocenters. The minimum Gasteiger partial charge on any atom is -0.494 e. The van der Waals surface area contributed by atoms with Crippen LogP contribution in [0.15, 0.2) is 64.7 Å². The standard InChI is InChI=1S/C51H69BrN8O8S/c1-34-45(69-33-56-34)36-15-13-35(14-16-36)29-54-47(63)44-28-39(61)31-60(44)49(65)42(51(2,3)4)27-40(62)32-67-25-10-24-66-23-7-6-8-26-68-41-19-17-38(18-20-41)57-50-55-30-43(52)46(58-50)53-21-22-59(5)48(64)37-11-9-12-37/h13-20,30,33,37,39,42,44,61H,6-12,21-29,31-32H2,1-5H3,(H,54,63)(H2,53,55,57,58)/t39-,42-,44+/m0/s1. The van der Waals surface area contributed by atoms with Crippen LogP contribution >= 0.6 is 27.3 Å². The molecule has 2 aromatic carbocycles. The minimum atomic E-state index is -0.832. The fourth-order valence-electron chi connectivity index (χ4n) is 8.17. The molecule has 1 aliphatic heterocycles. The average Bonchev–Trinajstić information content (AvgIpc) is 3.93. The van der Waals surface area contributed by atoms with Gasteiger partial charge in [-0.25, -0.2) is 9.97 Å². The van der Waals surface area contributed by atoms with Crippen LogP contribution in [0.4, 0.5) is 17.5 Å². The summed E-state index contributed by atoms with van der Waals surface area (Å²) in [4.78, 5) is 70.6. The molecule has 1 aliphatic carbocycles. The topological polar surface area (TPSA) is 197 Å². The summed E-state index contributed by atoms with van der Waals surface area (Å²) >= 11 is 5.09. The molecule has 4 N–H and O–H groups in total. The zero-order valence-corrected chi connectivity index (χ0v) is 43.0. The molecule has 1 saturated carbocycles. The highest BCUT2D eigenvalue weighted by Crippen LogP contribution is 2.34. The van der Waals surface area contributed by atoms with Gasteiger partial charge in [-0.3, -0.25) is 19.2 Å². The Morgan fingerprint density at radius 1 is 0.957 bits per heavy atom. The number of β-amino-alcohol motifs (C(OH)–C–C–N with tert-alkyl or cyclic N) is 1. The highest BCUT2D eigenvalue weighted by atomic mass is 79.9. The average molecular weight is 1030 g/mol. The van der Waals surface area contributed by atoms with E-state index in [2.05, 4.69) is 46.8 Å². The second kappa shape index (κ2) is 26.3. The third-order valence-electron chi connectivity index (χ3n) is 12.5. The quantitative estimate of drug-likeness (QED) is 0.0420. The van der Waals surface area contributed by atoms with Crippen molar-refractivity contribution in [3.05, 3.63) is 76.0 Å². The fraction of sp³-hybridized carbons (Fsp3) is 0.549. The molecule has 2 aliphatic rings. The number of unbranched alkanes of at least 4 members (excludes halogenated alkanes) is 2. The number of nitrogens with zero attached hydrogens (tertiary/aromatic N) is 5. The summed E-state index contributed by atoms with van der Waals surface area (Å²) in [6, 6.07) is 14.7. The van der Waals surface area contributed by atoms with Crippen LogP contribution in [-0.4, -0.2) is 125 Å². The lowest BCUT2D eigenvalue weighted by atomic mass is 9.77. The minimum absolute atomic E-state index is 0.0238. The van der Waals surface area contributed by atoms with Crippen molar-refractivity contribution >= 4 is 68.2 Å². The van der Waals surface area contributed by atoms with E-state index in [0.29, 0.717) is 57.7 Å². The molecular formula is C51H69BrN8O8S. The molecule has 3 amide bonds. The second-order valence-corrected chi connectivity index (χ2v) is 20.7. The number of aliphatic hydroxyl groups is 1. The summed E-state index contributed by atoms with van der Waals surface area (Å²) < 4.78 is 18.1. The maximum atomic E-state index is 14.0. The van der Waals surface area contributed by atoms with Gasteiger partial charge in [0.05, 0.1) is 33.3 Å². The Morgan fingerprint density at radius 2 is 1.68 bits per heavy atom. The van der Waals surface area contributed by atoms with Gasteiger partial charge in [-0.2, -0.15) is 4.98 Å². The number of likely N-dealkylation sites (tertiary alicyclic amines) is 1. The summed E-state index contributed by atoms with van der Waals surface area (Å²) in [6.45, 7) is 11.1. The van der Waals surface area contributed by atoms with Crippen molar-refractivity contribution in [2.45, 2.75) is 104 Å². The zero-order chi connectivity index (χ0) is 49.3. The second-order valence-electron chi connectivity index (χ2n) is 19.0. The maximum Gasteiger partial charge on any atom is 0.243 e. The molecule has 374 valence electrons. The van der Waals surface area contributed by atoms with Gasteiger partial charge in [0.2, 0.25) is 23.7 Å². The number of hydrogen-bond donors (Lipinski definition) is 4. The number of benzene rings is 2. The summed E-state index contributed by atoms with van der Waals surface area (Å²) in [7, 11) is 1.85. The number of aliphatic hydroxyl groups excluding tert-OH is 1. The van der Waals surface area contributed by atoms with Crippen molar-refractivity contribution in [2.24, 2.45) is 17.3 Å².